The molecule has 0 spiro atoms. The number of fused-ring (bicyclic) bond motifs is 1. The SMILES string of the molecule is CCOc1cc(C)ccc1CNC(=NC)NCCc1cn2ccccc2n1.I. The van der Waals surface area contributed by atoms with E-state index >= 15 is 0 Å². The highest BCUT2D eigenvalue weighted by Gasteiger charge is 2.06. The number of guanidine groups is 1. The van der Waals surface area contributed by atoms with E-state index in [-0.39, 0.29) is 24.0 Å². The van der Waals surface area contributed by atoms with Crippen molar-refractivity contribution in [3.63, 3.8) is 0 Å². The average molecular weight is 493 g/mol. The second kappa shape index (κ2) is 10.9. The fourth-order valence-electron chi connectivity index (χ4n) is 2.91. The van der Waals surface area contributed by atoms with Crippen molar-refractivity contribution in [1.82, 2.24) is 20.0 Å². The number of nitrogens with zero attached hydrogens (tertiary/aromatic N) is 3. The van der Waals surface area contributed by atoms with Gasteiger partial charge >= 0.3 is 0 Å². The average Bonchev–Trinajstić information content (AvgIpc) is 3.09. The summed E-state index contributed by atoms with van der Waals surface area (Å²) >= 11 is 0. The van der Waals surface area contributed by atoms with Crippen LogP contribution in [0.25, 0.3) is 5.65 Å². The topological polar surface area (TPSA) is 63.0 Å². The molecule has 28 heavy (non-hydrogen) atoms. The molecule has 3 rings (SSSR count). The first-order chi connectivity index (χ1) is 13.2. The Morgan fingerprint density at radius 3 is 2.82 bits per heavy atom. The van der Waals surface area contributed by atoms with Crippen molar-refractivity contribution in [1.29, 1.82) is 0 Å². The van der Waals surface area contributed by atoms with Crippen LogP contribution in [0.2, 0.25) is 0 Å². The molecule has 2 aromatic heterocycles. The van der Waals surface area contributed by atoms with Gasteiger partial charge in [0.25, 0.3) is 0 Å². The number of aromatic nitrogens is 2. The van der Waals surface area contributed by atoms with Gasteiger partial charge in [0.05, 0.1) is 12.3 Å². The Morgan fingerprint density at radius 2 is 2.07 bits per heavy atom. The Kier molecular flexibility index (Phi) is 8.56. The summed E-state index contributed by atoms with van der Waals surface area (Å²) in [6.45, 7) is 6.14. The lowest BCUT2D eigenvalue weighted by Crippen LogP contribution is -2.38. The van der Waals surface area contributed by atoms with Crippen LogP contribution in [0.1, 0.15) is 23.7 Å². The molecule has 150 valence electrons. The van der Waals surface area contributed by atoms with Crippen molar-refractivity contribution in [3.8, 4) is 5.75 Å². The molecule has 2 heterocycles. The first-order valence-electron chi connectivity index (χ1n) is 9.29. The van der Waals surface area contributed by atoms with Gasteiger partial charge in [0.1, 0.15) is 11.4 Å². The van der Waals surface area contributed by atoms with Crippen molar-refractivity contribution in [2.45, 2.75) is 26.8 Å². The molecule has 7 heteroatoms. The maximum absolute atomic E-state index is 5.74. The molecule has 0 aliphatic rings. The molecule has 0 aliphatic carbocycles. The monoisotopic (exact) mass is 493 g/mol. The number of hydrogen-bond donors (Lipinski definition) is 2. The number of ether oxygens (including phenoxy) is 1. The van der Waals surface area contributed by atoms with Crippen LogP contribution >= 0.6 is 24.0 Å². The van der Waals surface area contributed by atoms with E-state index in [4.69, 9.17) is 4.74 Å². The van der Waals surface area contributed by atoms with Gasteiger partial charge in [-0.3, -0.25) is 4.99 Å². The van der Waals surface area contributed by atoms with Crippen LogP contribution < -0.4 is 15.4 Å². The summed E-state index contributed by atoms with van der Waals surface area (Å²) in [5.74, 6) is 1.69. The number of pyridine rings is 1. The maximum Gasteiger partial charge on any atom is 0.191 e. The van der Waals surface area contributed by atoms with Gasteiger partial charge < -0.3 is 19.8 Å². The highest BCUT2D eigenvalue weighted by molar-refractivity contribution is 14.0. The molecule has 0 fully saturated rings. The Balaban J connectivity index is 0.00000280. The fraction of sp³-hybridized carbons (Fsp3) is 0.333. The number of hydrogen-bond acceptors (Lipinski definition) is 3. The first-order valence-corrected chi connectivity index (χ1v) is 9.29. The van der Waals surface area contributed by atoms with E-state index in [0.29, 0.717) is 13.2 Å². The van der Waals surface area contributed by atoms with E-state index in [0.717, 1.165) is 41.6 Å². The number of benzene rings is 1. The van der Waals surface area contributed by atoms with Gasteiger partial charge in [-0.05, 0) is 37.6 Å². The molecule has 0 unspecified atom stereocenters. The molecule has 0 aliphatic heterocycles. The van der Waals surface area contributed by atoms with E-state index in [2.05, 4.69) is 51.9 Å². The Bertz CT molecular complexity index is 889. The molecular formula is C21H28IN5O. The number of imidazole rings is 1. The molecule has 0 saturated heterocycles. The summed E-state index contributed by atoms with van der Waals surface area (Å²) in [5.41, 5.74) is 4.34. The lowest BCUT2D eigenvalue weighted by atomic mass is 10.1. The van der Waals surface area contributed by atoms with Crippen LogP contribution in [-0.2, 0) is 13.0 Å². The zero-order valence-electron chi connectivity index (χ0n) is 16.6. The smallest absolute Gasteiger partial charge is 0.191 e. The van der Waals surface area contributed by atoms with Gasteiger partial charge in [-0.15, -0.1) is 24.0 Å². The molecule has 2 N–H and O–H groups in total. The number of nitrogens with one attached hydrogen (secondary N) is 2. The lowest BCUT2D eigenvalue weighted by molar-refractivity contribution is 0.336. The van der Waals surface area contributed by atoms with Gasteiger partial charge in [0.2, 0.25) is 0 Å². The van der Waals surface area contributed by atoms with Crippen molar-refractivity contribution in [2.24, 2.45) is 4.99 Å². The zero-order valence-corrected chi connectivity index (χ0v) is 18.9. The van der Waals surface area contributed by atoms with Crippen LogP contribution in [0.5, 0.6) is 5.75 Å². The molecule has 3 aromatic rings. The van der Waals surface area contributed by atoms with Crippen LogP contribution in [0.4, 0.5) is 0 Å². The minimum atomic E-state index is 0. The van der Waals surface area contributed by atoms with Gasteiger partial charge in [-0.25, -0.2) is 4.98 Å². The fourth-order valence-corrected chi connectivity index (χ4v) is 2.91. The minimum absolute atomic E-state index is 0. The Morgan fingerprint density at radius 1 is 1.21 bits per heavy atom. The quantitative estimate of drug-likeness (QED) is 0.300. The minimum Gasteiger partial charge on any atom is -0.494 e. The Labute approximate surface area is 183 Å². The molecule has 0 radical (unpaired) electrons. The summed E-state index contributed by atoms with van der Waals surface area (Å²) in [5, 5.41) is 6.69. The van der Waals surface area contributed by atoms with E-state index in [1.54, 1.807) is 7.05 Å². The van der Waals surface area contributed by atoms with E-state index in [1.807, 2.05) is 35.7 Å². The highest BCUT2D eigenvalue weighted by atomic mass is 127. The summed E-state index contributed by atoms with van der Waals surface area (Å²) in [4.78, 5) is 8.91. The predicted molar refractivity (Wildman–Crippen MR) is 125 cm³/mol. The number of aliphatic imine (C=N–C) groups is 1. The summed E-state index contributed by atoms with van der Waals surface area (Å²) in [6, 6.07) is 12.3. The van der Waals surface area contributed by atoms with Gasteiger partial charge in [-0.2, -0.15) is 0 Å². The summed E-state index contributed by atoms with van der Waals surface area (Å²) < 4.78 is 7.78. The molecule has 6 nitrogen and oxygen atoms in total. The Hall–Kier alpha value is -2.29. The van der Waals surface area contributed by atoms with Crippen LogP contribution in [0.15, 0.2) is 53.8 Å². The molecular weight excluding hydrogens is 465 g/mol. The van der Waals surface area contributed by atoms with Crippen LogP contribution in [0.3, 0.4) is 0 Å². The molecule has 0 saturated carbocycles. The number of halogens is 1. The number of rotatable bonds is 7. The third-order valence-electron chi connectivity index (χ3n) is 4.28. The second-order valence-electron chi connectivity index (χ2n) is 6.35. The molecule has 1 aromatic carbocycles. The van der Waals surface area contributed by atoms with E-state index in [9.17, 15) is 0 Å². The maximum atomic E-state index is 5.74. The van der Waals surface area contributed by atoms with Crippen molar-refractivity contribution in [3.05, 3.63) is 65.6 Å². The van der Waals surface area contributed by atoms with Gasteiger partial charge in [0, 0.05) is 44.5 Å². The summed E-state index contributed by atoms with van der Waals surface area (Å²) in [6.07, 6.45) is 4.91. The van der Waals surface area contributed by atoms with Gasteiger partial charge in [-0.1, -0.05) is 18.2 Å². The zero-order chi connectivity index (χ0) is 19.1. The third-order valence-corrected chi connectivity index (χ3v) is 4.28. The summed E-state index contributed by atoms with van der Waals surface area (Å²) in [7, 11) is 1.78. The third kappa shape index (κ3) is 5.85. The highest BCUT2D eigenvalue weighted by Crippen LogP contribution is 2.20. The standard InChI is InChI=1S/C21H27N5O.HI/c1-4-27-19-13-16(2)8-9-17(19)14-24-21(22-3)23-11-10-18-15-26-12-6-5-7-20(26)25-18;/h5-9,12-13,15H,4,10-11,14H2,1-3H3,(H2,22,23,24);1H. The van der Waals surface area contributed by atoms with Crippen LogP contribution in [-0.4, -0.2) is 35.5 Å². The van der Waals surface area contributed by atoms with Gasteiger partial charge in [0.15, 0.2) is 5.96 Å². The largest absolute Gasteiger partial charge is 0.494 e. The second-order valence-corrected chi connectivity index (χ2v) is 6.35. The van der Waals surface area contributed by atoms with Crippen molar-refractivity contribution >= 4 is 35.6 Å². The van der Waals surface area contributed by atoms with Crippen LogP contribution in [0, 0.1) is 6.92 Å². The predicted octanol–water partition coefficient (Wildman–Crippen LogP) is 3.57. The normalized spacial score (nSPS) is 11.2. The number of aryl methyl sites for hydroxylation is 1. The van der Waals surface area contributed by atoms with E-state index < -0.39 is 0 Å². The molecule has 0 atom stereocenters. The molecule has 0 bridgehead atoms. The van der Waals surface area contributed by atoms with Crippen molar-refractivity contribution < 1.29 is 4.74 Å². The van der Waals surface area contributed by atoms with Crippen molar-refractivity contribution in [2.75, 3.05) is 20.2 Å². The first kappa shape index (κ1) is 22.0. The lowest BCUT2D eigenvalue weighted by Gasteiger charge is -2.14. The molecule has 0 amide bonds. The van der Waals surface area contributed by atoms with E-state index in [1.165, 1.54) is 5.56 Å².